The van der Waals surface area contributed by atoms with Gasteiger partial charge < -0.3 is 16.0 Å². The van der Waals surface area contributed by atoms with Crippen molar-refractivity contribution in [1.82, 2.24) is 5.32 Å². The molecule has 2 aliphatic rings. The number of rotatable bonds is 10. The van der Waals surface area contributed by atoms with Crippen molar-refractivity contribution >= 4 is 11.4 Å². The first kappa shape index (κ1) is 23.5. The van der Waals surface area contributed by atoms with Gasteiger partial charge in [0.25, 0.3) is 0 Å². The van der Waals surface area contributed by atoms with E-state index in [1.165, 1.54) is 72.4 Å². The molecule has 3 nitrogen and oxygen atoms in total. The van der Waals surface area contributed by atoms with Crippen molar-refractivity contribution < 1.29 is 0 Å². The van der Waals surface area contributed by atoms with E-state index < -0.39 is 0 Å². The van der Waals surface area contributed by atoms with Crippen molar-refractivity contribution in [3.63, 3.8) is 0 Å². The minimum atomic E-state index is 0.482. The van der Waals surface area contributed by atoms with Gasteiger partial charge in [0.1, 0.15) is 5.82 Å². The summed E-state index contributed by atoms with van der Waals surface area (Å²) in [5, 5.41) is 11.2. The number of hydrogen-bond donors (Lipinski definition) is 3. The number of para-hydroxylation sites is 1. The zero-order chi connectivity index (χ0) is 23.2. The van der Waals surface area contributed by atoms with Crippen molar-refractivity contribution in [3.8, 4) is 0 Å². The van der Waals surface area contributed by atoms with Crippen molar-refractivity contribution in [2.45, 2.75) is 91.0 Å². The van der Waals surface area contributed by atoms with E-state index in [1.54, 1.807) is 5.57 Å². The van der Waals surface area contributed by atoms with E-state index in [0.29, 0.717) is 12.0 Å². The summed E-state index contributed by atoms with van der Waals surface area (Å²) in [6.45, 7) is 9.03. The molecule has 1 unspecified atom stereocenters. The minimum absolute atomic E-state index is 0.482. The zero-order valence-electron chi connectivity index (χ0n) is 20.9. The Kier molecular flexibility index (Phi) is 7.80. The molecule has 33 heavy (non-hydrogen) atoms. The van der Waals surface area contributed by atoms with E-state index in [-0.39, 0.29) is 0 Å². The van der Waals surface area contributed by atoms with Crippen LogP contribution >= 0.6 is 0 Å². The summed E-state index contributed by atoms with van der Waals surface area (Å²) in [4.78, 5) is 0. The Morgan fingerprint density at radius 2 is 1.48 bits per heavy atom. The summed E-state index contributed by atoms with van der Waals surface area (Å²) in [7, 11) is 0. The lowest BCUT2D eigenvalue weighted by Crippen LogP contribution is -2.26. The standard InChI is InChI=1S/C30H41N3/c1-5-22(4)27-14-6-7-15-28(27)33-30(25-12-9-13-25)32-26-18-16-23(17-19-26)20-29(31-21(2)3)24-10-8-11-24/h6-7,14-19,21-22,31-33H,5,8-13,20H2,1-4H3. The maximum Gasteiger partial charge on any atom is 0.107 e. The molecule has 2 saturated carbocycles. The average molecular weight is 444 g/mol. The van der Waals surface area contributed by atoms with E-state index in [4.69, 9.17) is 0 Å². The van der Waals surface area contributed by atoms with Crippen LogP contribution in [0.4, 0.5) is 11.4 Å². The predicted octanol–water partition coefficient (Wildman–Crippen LogP) is 8.10. The van der Waals surface area contributed by atoms with Crippen molar-refractivity contribution in [2.75, 3.05) is 10.6 Å². The fourth-order valence-electron chi connectivity index (χ4n) is 4.54. The lowest BCUT2D eigenvalue weighted by Gasteiger charge is -2.26. The Hall–Kier alpha value is -2.68. The molecular formula is C30H41N3. The second-order valence-corrected chi connectivity index (χ2v) is 10.1. The number of nitrogens with one attached hydrogen (secondary N) is 3. The molecule has 2 fully saturated rings. The summed E-state index contributed by atoms with van der Waals surface area (Å²) < 4.78 is 0. The largest absolute Gasteiger partial charge is 0.386 e. The smallest absolute Gasteiger partial charge is 0.107 e. The van der Waals surface area contributed by atoms with Gasteiger partial charge in [-0.05, 0) is 99.6 Å². The molecule has 3 N–H and O–H groups in total. The fourth-order valence-corrected chi connectivity index (χ4v) is 4.54. The molecule has 0 aromatic heterocycles. The molecule has 1 atom stereocenters. The highest BCUT2D eigenvalue weighted by Gasteiger charge is 2.18. The van der Waals surface area contributed by atoms with Crippen LogP contribution in [0.2, 0.25) is 0 Å². The van der Waals surface area contributed by atoms with Crippen LogP contribution in [0.25, 0.3) is 0 Å². The molecular weight excluding hydrogens is 402 g/mol. The Morgan fingerprint density at radius 3 is 2.06 bits per heavy atom. The third-order valence-corrected chi connectivity index (χ3v) is 7.13. The van der Waals surface area contributed by atoms with Crippen molar-refractivity contribution in [3.05, 3.63) is 82.3 Å². The maximum absolute atomic E-state index is 3.76. The van der Waals surface area contributed by atoms with Gasteiger partial charge in [-0.1, -0.05) is 49.8 Å². The van der Waals surface area contributed by atoms with Crippen LogP contribution in [-0.4, -0.2) is 6.04 Å². The summed E-state index contributed by atoms with van der Waals surface area (Å²) in [5.74, 6) is 1.71. The lowest BCUT2D eigenvalue weighted by molar-refractivity contribution is 0.587. The van der Waals surface area contributed by atoms with Crippen molar-refractivity contribution in [2.24, 2.45) is 0 Å². The van der Waals surface area contributed by atoms with E-state index in [0.717, 1.165) is 18.5 Å². The van der Waals surface area contributed by atoms with Gasteiger partial charge in [-0.15, -0.1) is 0 Å². The number of anilines is 2. The van der Waals surface area contributed by atoms with Crippen LogP contribution in [0, 0.1) is 0 Å². The van der Waals surface area contributed by atoms with Gasteiger partial charge in [-0.2, -0.15) is 0 Å². The molecule has 0 bridgehead atoms. The zero-order valence-corrected chi connectivity index (χ0v) is 20.9. The molecule has 176 valence electrons. The topological polar surface area (TPSA) is 36.1 Å². The molecule has 0 saturated heterocycles. The molecule has 0 radical (unpaired) electrons. The van der Waals surface area contributed by atoms with Crippen LogP contribution in [0.3, 0.4) is 0 Å². The van der Waals surface area contributed by atoms with Crippen LogP contribution in [-0.2, 0) is 6.42 Å². The lowest BCUT2D eigenvalue weighted by atomic mass is 9.88. The Labute approximate surface area is 200 Å². The van der Waals surface area contributed by atoms with Gasteiger partial charge in [0, 0.05) is 29.5 Å². The Morgan fingerprint density at radius 1 is 0.818 bits per heavy atom. The van der Waals surface area contributed by atoms with E-state index in [9.17, 15) is 0 Å². The molecule has 2 aromatic rings. The number of allylic oxidation sites excluding steroid dienone is 3. The average Bonchev–Trinajstić information content (AvgIpc) is 2.72. The summed E-state index contributed by atoms with van der Waals surface area (Å²) in [6.07, 6.45) is 9.64. The monoisotopic (exact) mass is 443 g/mol. The molecule has 2 aromatic carbocycles. The molecule has 4 rings (SSSR count). The van der Waals surface area contributed by atoms with Crippen molar-refractivity contribution in [1.29, 1.82) is 0 Å². The van der Waals surface area contributed by atoms with Crippen LogP contribution < -0.4 is 16.0 Å². The summed E-state index contributed by atoms with van der Waals surface area (Å²) in [5.41, 5.74) is 9.69. The first-order chi connectivity index (χ1) is 16.0. The maximum atomic E-state index is 3.76. The summed E-state index contributed by atoms with van der Waals surface area (Å²) >= 11 is 0. The molecule has 0 amide bonds. The normalized spacial score (nSPS) is 16.0. The first-order valence-corrected chi connectivity index (χ1v) is 12.9. The van der Waals surface area contributed by atoms with Gasteiger partial charge in [-0.3, -0.25) is 0 Å². The van der Waals surface area contributed by atoms with Gasteiger partial charge in [0.05, 0.1) is 0 Å². The number of benzene rings is 2. The molecule has 0 spiro atoms. The molecule has 0 aliphatic heterocycles. The third-order valence-electron chi connectivity index (χ3n) is 7.13. The third kappa shape index (κ3) is 6.01. The highest BCUT2D eigenvalue weighted by atomic mass is 15.1. The van der Waals surface area contributed by atoms with Gasteiger partial charge >= 0.3 is 0 Å². The van der Waals surface area contributed by atoms with Gasteiger partial charge in [0.15, 0.2) is 0 Å². The fraction of sp³-hybridized carbons (Fsp3) is 0.467. The number of hydrogen-bond acceptors (Lipinski definition) is 3. The highest BCUT2D eigenvalue weighted by molar-refractivity contribution is 5.61. The molecule has 3 heteroatoms. The summed E-state index contributed by atoms with van der Waals surface area (Å²) in [6, 6.07) is 18.2. The van der Waals surface area contributed by atoms with Crippen LogP contribution in [0.15, 0.2) is 71.2 Å². The SMILES string of the molecule is CCC(C)c1ccccc1NC(Nc1ccc(CC(NC(C)C)=C2CCC2)cc1)=C1CCC1. The Balaban J connectivity index is 1.48. The second-order valence-electron chi connectivity index (χ2n) is 10.1. The van der Waals surface area contributed by atoms with E-state index in [1.807, 2.05) is 0 Å². The van der Waals surface area contributed by atoms with Gasteiger partial charge in [0.2, 0.25) is 0 Å². The van der Waals surface area contributed by atoms with E-state index >= 15 is 0 Å². The van der Waals surface area contributed by atoms with Crippen LogP contribution in [0.5, 0.6) is 0 Å². The quantitative estimate of drug-likeness (QED) is 0.347. The van der Waals surface area contributed by atoms with E-state index in [2.05, 4.69) is 92.2 Å². The second kappa shape index (κ2) is 11.0. The highest BCUT2D eigenvalue weighted by Crippen LogP contribution is 2.33. The molecule has 0 heterocycles. The Bertz CT molecular complexity index is 985. The molecule has 2 aliphatic carbocycles. The first-order valence-electron chi connectivity index (χ1n) is 12.9. The van der Waals surface area contributed by atoms with Crippen LogP contribution in [0.1, 0.15) is 89.7 Å². The van der Waals surface area contributed by atoms with Gasteiger partial charge in [-0.25, -0.2) is 0 Å². The predicted molar refractivity (Wildman–Crippen MR) is 143 cm³/mol. The minimum Gasteiger partial charge on any atom is -0.386 e.